The Balaban J connectivity index is 1.22. The fourth-order valence-electron chi connectivity index (χ4n) is 6.36. The minimum Gasteiger partial charge on any atom is -0.495 e. The first kappa shape index (κ1) is 31.7. The lowest BCUT2D eigenvalue weighted by Crippen LogP contribution is -2.43. The van der Waals surface area contributed by atoms with Gasteiger partial charge in [-0.15, -0.1) is 0 Å². The number of carbonyl (C=O) groups excluding carboxylic acids is 1. The van der Waals surface area contributed by atoms with E-state index in [1.165, 1.54) is 22.9 Å². The van der Waals surface area contributed by atoms with Crippen LogP contribution in [0.5, 0.6) is 5.75 Å². The highest BCUT2D eigenvalue weighted by atomic mass is 32.2. The van der Waals surface area contributed by atoms with Gasteiger partial charge in [-0.05, 0) is 101 Å². The maximum atomic E-state index is 13.1. The molecule has 2 N–H and O–H groups in total. The number of nitrogens with zero attached hydrogens (tertiary/aromatic N) is 6. The number of aryl methyl sites for hydroxylation is 1. The molecule has 2 fully saturated rings. The molecule has 1 amide bonds. The largest absolute Gasteiger partial charge is 0.495 e. The molecule has 2 aromatic heterocycles. The fraction of sp³-hybridized carbons (Fsp3) is 0.455. The van der Waals surface area contributed by atoms with Gasteiger partial charge in [0.25, 0.3) is 0 Å². The monoisotopic (exact) mass is 646 g/mol. The second-order valence-corrected chi connectivity index (χ2v) is 14.8. The number of anilines is 4. The van der Waals surface area contributed by atoms with Gasteiger partial charge in [-0.25, -0.2) is 8.42 Å². The fourth-order valence-corrected chi connectivity index (χ4v) is 7.56. The molecule has 0 radical (unpaired) electrons. The Hall–Kier alpha value is -4.23. The topological polar surface area (TPSA) is 134 Å². The number of methoxy groups -OCH3 is 1. The van der Waals surface area contributed by atoms with E-state index in [9.17, 15) is 13.2 Å². The Morgan fingerprint density at radius 2 is 1.74 bits per heavy atom. The van der Waals surface area contributed by atoms with E-state index in [1.807, 2.05) is 11.0 Å². The lowest BCUT2D eigenvalue weighted by molar-refractivity contribution is -0.133. The number of aromatic nitrogens is 4. The lowest BCUT2D eigenvalue weighted by atomic mass is 9.86. The third kappa shape index (κ3) is 6.52. The number of nitrogens with one attached hydrogen (secondary N) is 2. The molecular formula is C33H42N8O4S. The molecule has 12 nitrogen and oxygen atoms in total. The number of rotatable bonds is 10. The van der Waals surface area contributed by atoms with Gasteiger partial charge >= 0.3 is 0 Å². The van der Waals surface area contributed by atoms with Crippen LogP contribution in [0.3, 0.4) is 0 Å². The second-order valence-electron chi connectivity index (χ2n) is 12.4. The van der Waals surface area contributed by atoms with Crippen LogP contribution >= 0.6 is 0 Å². The van der Waals surface area contributed by atoms with Gasteiger partial charge in [0.1, 0.15) is 5.75 Å². The summed E-state index contributed by atoms with van der Waals surface area (Å²) in [5, 5.41) is 10.3. The van der Waals surface area contributed by atoms with Crippen LogP contribution in [-0.2, 0) is 14.6 Å². The molecule has 0 saturated carbocycles. The molecule has 244 valence electrons. The van der Waals surface area contributed by atoms with Gasteiger partial charge in [0.2, 0.25) is 17.8 Å². The molecule has 0 atom stereocenters. The quantitative estimate of drug-likeness (QED) is 0.245. The van der Waals surface area contributed by atoms with Crippen molar-refractivity contribution in [2.45, 2.75) is 62.5 Å². The molecule has 6 rings (SSSR count). The number of piperidine rings is 1. The van der Waals surface area contributed by atoms with Crippen LogP contribution in [0.15, 0.2) is 53.6 Å². The summed E-state index contributed by atoms with van der Waals surface area (Å²) in [6.45, 7) is 9.51. The standard InChI is InChI=1S/C33H42N8O4S/c1-22(2)46(43,44)29-10-6-5-9-26(29)36-33-38-32(37-30-11-14-34-41(30)33)35-27-19-23(3)25(20-28(27)45-4)24-12-17-40(18-13-24)31(42)21-39-15-7-8-16-39/h5-6,9-11,14,19-20,22,24H,7-8,12-13,15-18,21H2,1-4H3,(H2,35,36,37,38). The summed E-state index contributed by atoms with van der Waals surface area (Å²) in [7, 11) is -1.92. The average Bonchev–Trinajstić information content (AvgIpc) is 3.74. The van der Waals surface area contributed by atoms with E-state index in [1.54, 1.807) is 57.5 Å². The third-order valence-electron chi connectivity index (χ3n) is 9.00. The van der Waals surface area contributed by atoms with E-state index in [4.69, 9.17) is 4.74 Å². The summed E-state index contributed by atoms with van der Waals surface area (Å²) in [5.41, 5.74) is 3.97. The van der Waals surface area contributed by atoms with Crippen molar-refractivity contribution in [3.05, 3.63) is 59.8 Å². The summed E-state index contributed by atoms with van der Waals surface area (Å²) < 4.78 is 33.5. The van der Waals surface area contributed by atoms with Gasteiger partial charge in [-0.1, -0.05) is 12.1 Å². The normalized spacial score (nSPS) is 16.3. The Morgan fingerprint density at radius 1 is 1.00 bits per heavy atom. The van der Waals surface area contributed by atoms with E-state index >= 15 is 0 Å². The van der Waals surface area contributed by atoms with E-state index in [-0.39, 0.29) is 10.8 Å². The first-order valence-electron chi connectivity index (χ1n) is 15.9. The number of sulfone groups is 1. The molecular weight excluding hydrogens is 604 g/mol. The summed E-state index contributed by atoms with van der Waals surface area (Å²) in [4.78, 5) is 26.7. The molecule has 2 aliphatic rings. The highest BCUT2D eigenvalue weighted by Crippen LogP contribution is 2.38. The van der Waals surface area contributed by atoms with Crippen LogP contribution in [-0.4, -0.2) is 88.8 Å². The molecule has 0 unspecified atom stereocenters. The first-order valence-corrected chi connectivity index (χ1v) is 17.5. The Kier molecular flexibility index (Phi) is 9.14. The van der Waals surface area contributed by atoms with Crippen molar-refractivity contribution in [1.82, 2.24) is 29.4 Å². The number of carbonyl (C=O) groups is 1. The molecule has 2 saturated heterocycles. The highest BCUT2D eigenvalue weighted by molar-refractivity contribution is 7.92. The zero-order valence-corrected chi connectivity index (χ0v) is 27.7. The number of para-hydroxylation sites is 1. The van der Waals surface area contributed by atoms with Crippen molar-refractivity contribution in [3.63, 3.8) is 0 Å². The maximum absolute atomic E-state index is 13.1. The smallest absolute Gasteiger partial charge is 0.236 e. The molecule has 0 bridgehead atoms. The number of fused-ring (bicyclic) bond motifs is 1. The van der Waals surface area contributed by atoms with Crippen LogP contribution in [0, 0.1) is 6.92 Å². The minimum atomic E-state index is -3.55. The minimum absolute atomic E-state index is 0.188. The van der Waals surface area contributed by atoms with Crippen LogP contribution in [0.25, 0.3) is 5.65 Å². The molecule has 13 heteroatoms. The van der Waals surface area contributed by atoms with Crippen LogP contribution in [0.1, 0.15) is 56.6 Å². The molecule has 4 aromatic rings. The number of hydrogen-bond donors (Lipinski definition) is 2. The number of ether oxygens (including phenoxy) is 1. The number of benzene rings is 2. The van der Waals surface area contributed by atoms with Gasteiger partial charge in [0, 0.05) is 19.2 Å². The number of amides is 1. The van der Waals surface area contributed by atoms with E-state index < -0.39 is 15.1 Å². The number of hydrogen-bond acceptors (Lipinski definition) is 10. The highest BCUT2D eigenvalue weighted by Gasteiger charge is 2.28. The van der Waals surface area contributed by atoms with E-state index in [0.29, 0.717) is 47.1 Å². The molecule has 2 aromatic carbocycles. The predicted octanol–water partition coefficient (Wildman–Crippen LogP) is 4.91. The van der Waals surface area contributed by atoms with Crippen molar-refractivity contribution < 1.29 is 17.9 Å². The third-order valence-corrected chi connectivity index (χ3v) is 11.2. The second kappa shape index (κ2) is 13.2. The first-order chi connectivity index (χ1) is 22.1. The molecule has 46 heavy (non-hydrogen) atoms. The van der Waals surface area contributed by atoms with Gasteiger partial charge in [-0.2, -0.15) is 19.6 Å². The molecule has 0 spiro atoms. The van der Waals surface area contributed by atoms with Crippen molar-refractivity contribution in [3.8, 4) is 5.75 Å². The van der Waals surface area contributed by atoms with Gasteiger partial charge < -0.3 is 20.3 Å². The summed E-state index contributed by atoms with van der Waals surface area (Å²) in [6.07, 6.45) is 5.80. The van der Waals surface area contributed by atoms with E-state index in [0.717, 1.165) is 44.6 Å². The summed E-state index contributed by atoms with van der Waals surface area (Å²) >= 11 is 0. The van der Waals surface area contributed by atoms with Crippen LogP contribution in [0.2, 0.25) is 0 Å². The van der Waals surface area contributed by atoms with Crippen molar-refractivity contribution in [2.75, 3.05) is 50.5 Å². The van der Waals surface area contributed by atoms with Gasteiger partial charge in [-0.3, -0.25) is 9.69 Å². The Bertz CT molecular complexity index is 1830. The zero-order valence-electron chi connectivity index (χ0n) is 26.9. The van der Waals surface area contributed by atoms with Crippen molar-refractivity contribution in [2.24, 2.45) is 0 Å². The van der Waals surface area contributed by atoms with Crippen molar-refractivity contribution >= 4 is 44.7 Å². The lowest BCUT2D eigenvalue weighted by Gasteiger charge is -2.34. The molecule has 4 heterocycles. The summed E-state index contributed by atoms with van der Waals surface area (Å²) in [6, 6.07) is 12.6. The van der Waals surface area contributed by atoms with Crippen LogP contribution in [0.4, 0.5) is 23.3 Å². The summed E-state index contributed by atoms with van der Waals surface area (Å²) in [5.74, 6) is 1.84. The molecule has 0 aliphatic carbocycles. The molecule has 2 aliphatic heterocycles. The Morgan fingerprint density at radius 3 is 2.46 bits per heavy atom. The zero-order chi connectivity index (χ0) is 32.4. The van der Waals surface area contributed by atoms with E-state index in [2.05, 4.69) is 43.6 Å². The Labute approximate surface area is 270 Å². The SMILES string of the molecule is COc1cc(C2CCN(C(=O)CN3CCCC3)CC2)c(C)cc1Nc1nc(Nc2ccccc2S(=O)(=O)C(C)C)n2nccc2n1. The van der Waals surface area contributed by atoms with Gasteiger partial charge in [0.05, 0.1) is 41.4 Å². The predicted molar refractivity (Wildman–Crippen MR) is 178 cm³/mol. The maximum Gasteiger partial charge on any atom is 0.236 e. The van der Waals surface area contributed by atoms with Crippen molar-refractivity contribution in [1.29, 1.82) is 0 Å². The van der Waals surface area contributed by atoms with Gasteiger partial charge in [0.15, 0.2) is 15.5 Å². The number of likely N-dealkylation sites (tertiary alicyclic amines) is 2. The average molecular weight is 647 g/mol. The van der Waals surface area contributed by atoms with Crippen LogP contribution < -0.4 is 15.4 Å².